The maximum absolute atomic E-state index is 12.6. The number of rotatable bonds is 6. The van der Waals surface area contributed by atoms with Gasteiger partial charge in [-0.15, -0.1) is 0 Å². The molecule has 1 heterocycles. The lowest BCUT2D eigenvalue weighted by Gasteiger charge is -2.35. The molecule has 1 saturated heterocycles. The standard InChI is InChI=1S/C15H23ClN2O3S/c1-12(2)21-9-10-22(19,20)18-8-7-17-11-15(18)13-5-3-4-6-14(13)16/h3-6,12,15,17H,7-11H2,1-2H3. The molecule has 1 aliphatic heterocycles. The van der Waals surface area contributed by atoms with Crippen molar-refractivity contribution in [3.8, 4) is 0 Å². The Morgan fingerprint density at radius 3 is 2.82 bits per heavy atom. The molecule has 1 atom stereocenters. The van der Waals surface area contributed by atoms with Gasteiger partial charge in [-0.1, -0.05) is 29.8 Å². The van der Waals surface area contributed by atoms with E-state index < -0.39 is 10.0 Å². The Labute approximate surface area is 137 Å². The third kappa shape index (κ3) is 4.43. The highest BCUT2D eigenvalue weighted by Crippen LogP contribution is 2.30. The maximum Gasteiger partial charge on any atom is 0.217 e. The molecule has 1 aromatic rings. The first-order valence-electron chi connectivity index (χ1n) is 7.48. The number of hydrogen-bond acceptors (Lipinski definition) is 4. The van der Waals surface area contributed by atoms with Gasteiger partial charge < -0.3 is 10.1 Å². The van der Waals surface area contributed by atoms with E-state index in [4.69, 9.17) is 16.3 Å². The Balaban J connectivity index is 2.17. The molecule has 1 fully saturated rings. The molecule has 1 aromatic carbocycles. The van der Waals surface area contributed by atoms with Crippen LogP contribution in [0.5, 0.6) is 0 Å². The lowest BCUT2D eigenvalue weighted by Crippen LogP contribution is -2.49. The Kier molecular flexibility index (Phi) is 6.23. The van der Waals surface area contributed by atoms with Crippen molar-refractivity contribution in [3.63, 3.8) is 0 Å². The zero-order valence-electron chi connectivity index (χ0n) is 13.0. The molecule has 0 spiro atoms. The van der Waals surface area contributed by atoms with E-state index in [9.17, 15) is 8.42 Å². The summed E-state index contributed by atoms with van der Waals surface area (Å²) in [4.78, 5) is 0. The minimum atomic E-state index is -3.38. The number of nitrogens with one attached hydrogen (secondary N) is 1. The highest BCUT2D eigenvalue weighted by Gasteiger charge is 2.33. The van der Waals surface area contributed by atoms with Gasteiger partial charge in [0.2, 0.25) is 10.0 Å². The molecule has 2 rings (SSSR count). The Bertz CT molecular complexity index is 592. The van der Waals surface area contributed by atoms with Crippen LogP contribution in [0.15, 0.2) is 24.3 Å². The van der Waals surface area contributed by atoms with E-state index in [1.54, 1.807) is 10.4 Å². The van der Waals surface area contributed by atoms with Gasteiger partial charge >= 0.3 is 0 Å². The van der Waals surface area contributed by atoms with Crippen LogP contribution in [0.2, 0.25) is 5.02 Å². The van der Waals surface area contributed by atoms with Crippen molar-refractivity contribution < 1.29 is 13.2 Å². The van der Waals surface area contributed by atoms with Crippen LogP contribution in [0.3, 0.4) is 0 Å². The van der Waals surface area contributed by atoms with Crippen LogP contribution in [0.1, 0.15) is 25.5 Å². The van der Waals surface area contributed by atoms with Crippen molar-refractivity contribution in [1.29, 1.82) is 0 Å². The third-order valence-corrected chi connectivity index (χ3v) is 5.79. The fraction of sp³-hybridized carbons (Fsp3) is 0.600. The fourth-order valence-corrected chi connectivity index (χ4v) is 4.28. The second-order valence-corrected chi connectivity index (χ2v) is 8.04. The van der Waals surface area contributed by atoms with Crippen LogP contribution in [0, 0.1) is 0 Å². The topological polar surface area (TPSA) is 58.6 Å². The number of nitrogens with zero attached hydrogens (tertiary/aromatic N) is 1. The van der Waals surface area contributed by atoms with E-state index in [1.807, 2.05) is 32.0 Å². The first kappa shape index (κ1) is 17.7. The SMILES string of the molecule is CC(C)OCCS(=O)(=O)N1CCNCC1c1ccccc1Cl. The summed E-state index contributed by atoms with van der Waals surface area (Å²) in [6.07, 6.45) is 0.0255. The van der Waals surface area contributed by atoms with E-state index in [0.717, 1.165) is 5.56 Å². The van der Waals surface area contributed by atoms with Gasteiger partial charge in [-0.25, -0.2) is 8.42 Å². The lowest BCUT2D eigenvalue weighted by molar-refractivity contribution is 0.0903. The molecular formula is C15H23ClN2O3S. The second kappa shape index (κ2) is 7.75. The van der Waals surface area contributed by atoms with Crippen molar-refractivity contribution >= 4 is 21.6 Å². The number of piperazine rings is 1. The summed E-state index contributed by atoms with van der Waals surface area (Å²) in [7, 11) is -3.38. The van der Waals surface area contributed by atoms with Crippen LogP contribution in [-0.4, -0.2) is 50.8 Å². The summed E-state index contributed by atoms with van der Waals surface area (Å²) in [5.41, 5.74) is 0.838. The van der Waals surface area contributed by atoms with Gasteiger partial charge in [-0.3, -0.25) is 0 Å². The van der Waals surface area contributed by atoms with Crippen LogP contribution in [0.25, 0.3) is 0 Å². The molecule has 0 aliphatic carbocycles. The maximum atomic E-state index is 12.6. The largest absolute Gasteiger partial charge is 0.378 e. The van der Waals surface area contributed by atoms with Gasteiger partial charge in [-0.05, 0) is 25.5 Å². The van der Waals surface area contributed by atoms with Crippen LogP contribution < -0.4 is 5.32 Å². The monoisotopic (exact) mass is 346 g/mol. The van der Waals surface area contributed by atoms with E-state index in [-0.39, 0.29) is 24.5 Å². The quantitative estimate of drug-likeness (QED) is 0.856. The summed E-state index contributed by atoms with van der Waals surface area (Å²) in [6, 6.07) is 7.12. The summed E-state index contributed by atoms with van der Waals surface area (Å²) in [6.45, 7) is 5.65. The first-order chi connectivity index (χ1) is 10.4. The molecule has 1 aliphatic rings. The van der Waals surface area contributed by atoms with Crippen LogP contribution >= 0.6 is 11.6 Å². The van der Waals surface area contributed by atoms with Gasteiger partial charge in [-0.2, -0.15) is 4.31 Å². The third-order valence-electron chi connectivity index (χ3n) is 3.61. The lowest BCUT2D eigenvalue weighted by atomic mass is 10.1. The number of benzene rings is 1. The summed E-state index contributed by atoms with van der Waals surface area (Å²) in [5.74, 6) is -0.00780. The van der Waals surface area contributed by atoms with Gasteiger partial charge in [0.15, 0.2) is 0 Å². The van der Waals surface area contributed by atoms with E-state index >= 15 is 0 Å². The summed E-state index contributed by atoms with van der Waals surface area (Å²) < 4.78 is 32.2. The summed E-state index contributed by atoms with van der Waals surface area (Å²) >= 11 is 6.24. The van der Waals surface area contributed by atoms with Gasteiger partial charge in [0.1, 0.15) is 0 Å². The molecule has 1 unspecified atom stereocenters. The molecule has 1 N–H and O–H groups in total. The van der Waals surface area contributed by atoms with Gasteiger partial charge in [0, 0.05) is 24.7 Å². The predicted molar refractivity (Wildman–Crippen MR) is 88.6 cm³/mol. The zero-order chi connectivity index (χ0) is 16.2. The van der Waals surface area contributed by atoms with Gasteiger partial charge in [0.05, 0.1) is 24.5 Å². The molecule has 5 nitrogen and oxygen atoms in total. The Hall–Kier alpha value is -0.660. The van der Waals surface area contributed by atoms with Gasteiger partial charge in [0.25, 0.3) is 0 Å². The van der Waals surface area contributed by atoms with Crippen molar-refractivity contribution in [2.75, 3.05) is 32.0 Å². The van der Waals surface area contributed by atoms with Crippen LogP contribution in [0.4, 0.5) is 0 Å². The zero-order valence-corrected chi connectivity index (χ0v) is 14.5. The van der Waals surface area contributed by atoms with Crippen LogP contribution in [-0.2, 0) is 14.8 Å². The van der Waals surface area contributed by atoms with Crippen molar-refractivity contribution in [3.05, 3.63) is 34.9 Å². The van der Waals surface area contributed by atoms with Crippen molar-refractivity contribution in [2.24, 2.45) is 0 Å². The minimum absolute atomic E-state index is 0.00780. The normalized spacial score (nSPS) is 20.5. The molecule has 7 heteroatoms. The molecular weight excluding hydrogens is 324 g/mol. The number of sulfonamides is 1. The Morgan fingerprint density at radius 2 is 2.14 bits per heavy atom. The Morgan fingerprint density at radius 1 is 1.41 bits per heavy atom. The van der Waals surface area contributed by atoms with E-state index in [0.29, 0.717) is 24.7 Å². The fourth-order valence-electron chi connectivity index (χ4n) is 2.54. The number of hydrogen-bond donors (Lipinski definition) is 1. The average Bonchev–Trinajstić information content (AvgIpc) is 2.47. The molecule has 0 amide bonds. The molecule has 124 valence electrons. The van der Waals surface area contributed by atoms with E-state index in [2.05, 4.69) is 5.32 Å². The molecule has 0 saturated carbocycles. The highest BCUT2D eigenvalue weighted by molar-refractivity contribution is 7.89. The molecule has 0 bridgehead atoms. The highest BCUT2D eigenvalue weighted by atomic mass is 35.5. The summed E-state index contributed by atoms with van der Waals surface area (Å²) in [5, 5.41) is 3.83. The van der Waals surface area contributed by atoms with Crippen molar-refractivity contribution in [2.45, 2.75) is 26.0 Å². The second-order valence-electron chi connectivity index (χ2n) is 5.59. The number of ether oxygens (including phenoxy) is 1. The molecule has 22 heavy (non-hydrogen) atoms. The predicted octanol–water partition coefficient (Wildman–Crippen LogP) is 2.04. The van der Waals surface area contributed by atoms with Crippen molar-refractivity contribution in [1.82, 2.24) is 9.62 Å². The smallest absolute Gasteiger partial charge is 0.217 e. The molecule has 0 aromatic heterocycles. The minimum Gasteiger partial charge on any atom is -0.378 e. The van der Waals surface area contributed by atoms with E-state index in [1.165, 1.54) is 0 Å². The number of halogens is 1. The average molecular weight is 347 g/mol. The first-order valence-corrected chi connectivity index (χ1v) is 9.47. The molecule has 0 radical (unpaired) electrons.